The van der Waals surface area contributed by atoms with Crippen LogP contribution in [0.3, 0.4) is 0 Å². The largest absolute Gasteiger partial charge is 0.417 e. The van der Waals surface area contributed by atoms with Crippen molar-refractivity contribution in [1.82, 2.24) is 29.9 Å². The number of alkyl halides is 3. The monoisotopic (exact) mass is 496 g/mol. The molecule has 0 saturated heterocycles. The van der Waals surface area contributed by atoms with Crippen LogP contribution in [0.5, 0.6) is 0 Å². The highest BCUT2D eigenvalue weighted by Crippen LogP contribution is 2.34. The van der Waals surface area contributed by atoms with E-state index >= 15 is 0 Å². The van der Waals surface area contributed by atoms with Gasteiger partial charge in [0.25, 0.3) is 5.91 Å². The molecule has 174 valence electrons. The van der Waals surface area contributed by atoms with Crippen molar-refractivity contribution < 1.29 is 18.0 Å². The van der Waals surface area contributed by atoms with Gasteiger partial charge in [-0.05, 0) is 25.5 Å². The molecule has 4 aromatic rings. The van der Waals surface area contributed by atoms with E-state index in [1.165, 1.54) is 11.3 Å². The molecule has 0 aromatic carbocycles. The molecule has 33 heavy (non-hydrogen) atoms. The molecule has 0 fully saturated rings. The molecule has 0 saturated carbocycles. The molecule has 0 atom stereocenters. The summed E-state index contributed by atoms with van der Waals surface area (Å²) in [5, 5.41) is 11.1. The molecule has 0 aliphatic rings. The van der Waals surface area contributed by atoms with Crippen LogP contribution in [0.4, 0.5) is 13.2 Å². The molecule has 0 aliphatic carbocycles. The molecule has 7 nitrogen and oxygen atoms in total. The summed E-state index contributed by atoms with van der Waals surface area (Å²) in [5.74, 6) is 0.422. The SMILES string of the molecule is Cc1nc(C(C)(C)C)nc2sc(C(=O)NCc3nnc4c(Cl)cc(C(F)(F)F)cn34)c(C)c12. The van der Waals surface area contributed by atoms with Crippen LogP contribution in [0.1, 0.15) is 58.9 Å². The second kappa shape index (κ2) is 7.91. The van der Waals surface area contributed by atoms with E-state index in [1.807, 2.05) is 34.6 Å². The molecule has 0 unspecified atom stereocenters. The van der Waals surface area contributed by atoms with Crippen LogP contribution in [0.2, 0.25) is 5.02 Å². The Hall–Kier alpha value is -2.79. The number of nitrogens with zero attached hydrogens (tertiary/aromatic N) is 5. The van der Waals surface area contributed by atoms with Crippen molar-refractivity contribution >= 4 is 44.7 Å². The van der Waals surface area contributed by atoms with Gasteiger partial charge in [0.05, 0.1) is 27.7 Å². The summed E-state index contributed by atoms with van der Waals surface area (Å²) in [4.78, 5) is 23.4. The molecule has 4 rings (SSSR count). The van der Waals surface area contributed by atoms with Gasteiger partial charge >= 0.3 is 6.18 Å². The van der Waals surface area contributed by atoms with E-state index in [0.717, 1.165) is 33.3 Å². The second-order valence-electron chi connectivity index (χ2n) is 8.69. The average Bonchev–Trinajstić information content (AvgIpc) is 3.26. The van der Waals surface area contributed by atoms with Gasteiger partial charge in [-0.2, -0.15) is 13.2 Å². The van der Waals surface area contributed by atoms with E-state index in [4.69, 9.17) is 11.6 Å². The standard InChI is InChI=1S/C21H20ClF3N6OS/c1-9-14-10(2)27-19(20(3,4)5)28-18(14)33-15(9)17(32)26-7-13-29-30-16-12(22)6-11(8-31(13)16)21(23,24)25/h6,8H,7H2,1-5H3,(H,26,32). The topological polar surface area (TPSA) is 85.1 Å². The summed E-state index contributed by atoms with van der Waals surface area (Å²) < 4.78 is 40.6. The number of carbonyl (C=O) groups is 1. The number of rotatable bonds is 3. The van der Waals surface area contributed by atoms with Crippen molar-refractivity contribution in [3.8, 4) is 0 Å². The molecule has 0 radical (unpaired) electrons. The lowest BCUT2D eigenvalue weighted by molar-refractivity contribution is -0.137. The smallest absolute Gasteiger partial charge is 0.344 e. The van der Waals surface area contributed by atoms with Crippen molar-refractivity contribution in [3.63, 3.8) is 0 Å². The summed E-state index contributed by atoms with van der Waals surface area (Å²) in [5.41, 5.74) is 0.434. The number of amides is 1. The molecule has 12 heteroatoms. The summed E-state index contributed by atoms with van der Waals surface area (Å²) in [7, 11) is 0. The Bertz CT molecular complexity index is 1400. The summed E-state index contributed by atoms with van der Waals surface area (Å²) >= 11 is 7.19. The van der Waals surface area contributed by atoms with E-state index in [1.54, 1.807) is 0 Å². The number of aryl methyl sites for hydroxylation is 2. The van der Waals surface area contributed by atoms with E-state index in [9.17, 15) is 18.0 Å². The number of hydrogen-bond donors (Lipinski definition) is 1. The fraction of sp³-hybridized carbons (Fsp3) is 0.381. The van der Waals surface area contributed by atoms with Crippen LogP contribution >= 0.6 is 22.9 Å². The Morgan fingerprint density at radius 3 is 2.52 bits per heavy atom. The van der Waals surface area contributed by atoms with Crippen molar-refractivity contribution in [3.05, 3.63) is 50.6 Å². The quantitative estimate of drug-likeness (QED) is 0.418. The molecule has 0 spiro atoms. The zero-order valence-corrected chi connectivity index (χ0v) is 20.0. The minimum Gasteiger partial charge on any atom is -0.344 e. The lowest BCUT2D eigenvalue weighted by Crippen LogP contribution is -2.24. The van der Waals surface area contributed by atoms with E-state index in [0.29, 0.717) is 15.5 Å². The summed E-state index contributed by atoms with van der Waals surface area (Å²) in [6, 6.07) is 0.795. The maximum absolute atomic E-state index is 13.2. The van der Waals surface area contributed by atoms with Crippen molar-refractivity contribution in [2.24, 2.45) is 0 Å². The Labute approximate surface area is 196 Å². The number of thiophene rings is 1. The first kappa shape index (κ1) is 23.4. The molecule has 1 amide bonds. The highest BCUT2D eigenvalue weighted by Gasteiger charge is 2.32. The van der Waals surface area contributed by atoms with Gasteiger partial charge in [-0.3, -0.25) is 9.20 Å². The number of nitrogens with one attached hydrogen (secondary N) is 1. The van der Waals surface area contributed by atoms with Gasteiger partial charge in [0.15, 0.2) is 11.5 Å². The number of carbonyl (C=O) groups excluding carboxylic acids is 1. The first-order valence-corrected chi connectivity index (χ1v) is 11.1. The Kier molecular flexibility index (Phi) is 5.60. The number of hydrogen-bond acceptors (Lipinski definition) is 6. The van der Waals surface area contributed by atoms with Gasteiger partial charge in [-0.15, -0.1) is 21.5 Å². The predicted molar refractivity (Wildman–Crippen MR) is 120 cm³/mol. The number of fused-ring (bicyclic) bond motifs is 2. The summed E-state index contributed by atoms with van der Waals surface area (Å²) in [6.45, 7) is 9.61. The lowest BCUT2D eigenvalue weighted by atomic mass is 9.95. The third-order valence-electron chi connectivity index (χ3n) is 5.11. The predicted octanol–water partition coefficient (Wildman–Crippen LogP) is 5.25. The average molecular weight is 497 g/mol. The van der Waals surface area contributed by atoms with Crippen molar-refractivity contribution in [2.75, 3.05) is 0 Å². The highest BCUT2D eigenvalue weighted by atomic mass is 35.5. The molecule has 1 N–H and O–H groups in total. The van der Waals surface area contributed by atoms with Crippen molar-refractivity contribution in [2.45, 2.75) is 52.8 Å². The number of halogens is 4. The normalized spacial score (nSPS) is 12.6. The molecular formula is C21H20ClF3N6OS. The zero-order valence-electron chi connectivity index (χ0n) is 18.4. The fourth-order valence-electron chi connectivity index (χ4n) is 3.41. The van der Waals surface area contributed by atoms with Gasteiger partial charge in [-0.25, -0.2) is 9.97 Å². The Morgan fingerprint density at radius 2 is 1.88 bits per heavy atom. The van der Waals surface area contributed by atoms with E-state index < -0.39 is 11.7 Å². The van der Waals surface area contributed by atoms with E-state index in [-0.39, 0.29) is 34.4 Å². The van der Waals surface area contributed by atoms with Gasteiger partial charge in [0, 0.05) is 17.0 Å². The third kappa shape index (κ3) is 4.26. The minimum absolute atomic E-state index is 0.0765. The highest BCUT2D eigenvalue weighted by molar-refractivity contribution is 7.20. The minimum atomic E-state index is -4.58. The molecule has 4 aromatic heterocycles. The molecule has 0 aliphatic heterocycles. The molecule has 0 bridgehead atoms. The van der Waals surface area contributed by atoms with Crippen molar-refractivity contribution in [1.29, 1.82) is 0 Å². The van der Waals surface area contributed by atoms with Gasteiger partial charge in [0.1, 0.15) is 10.7 Å². The molecular weight excluding hydrogens is 477 g/mol. The van der Waals surface area contributed by atoms with Crippen LogP contribution in [-0.2, 0) is 18.1 Å². The van der Waals surface area contributed by atoms with Crippen LogP contribution in [0.25, 0.3) is 15.9 Å². The van der Waals surface area contributed by atoms with Gasteiger partial charge in [-0.1, -0.05) is 32.4 Å². The third-order valence-corrected chi connectivity index (χ3v) is 6.58. The Morgan fingerprint density at radius 1 is 1.18 bits per heavy atom. The maximum atomic E-state index is 13.2. The van der Waals surface area contributed by atoms with E-state index in [2.05, 4.69) is 25.5 Å². The maximum Gasteiger partial charge on any atom is 0.417 e. The first-order valence-electron chi connectivity index (χ1n) is 9.94. The second-order valence-corrected chi connectivity index (χ2v) is 10.1. The molecule has 4 heterocycles. The van der Waals surface area contributed by atoms with Crippen LogP contribution in [0.15, 0.2) is 12.3 Å². The fourth-order valence-corrected chi connectivity index (χ4v) is 4.80. The van der Waals surface area contributed by atoms with Gasteiger partial charge < -0.3 is 5.32 Å². The number of pyridine rings is 1. The van der Waals surface area contributed by atoms with Crippen LogP contribution in [0, 0.1) is 13.8 Å². The van der Waals surface area contributed by atoms with Gasteiger partial charge in [0.2, 0.25) is 0 Å². The first-order chi connectivity index (χ1) is 15.3. The lowest BCUT2D eigenvalue weighted by Gasteiger charge is -2.16. The summed E-state index contributed by atoms with van der Waals surface area (Å²) in [6.07, 6.45) is -3.72. The zero-order chi connectivity index (χ0) is 24.3. The van der Waals surface area contributed by atoms with Crippen LogP contribution in [-0.4, -0.2) is 30.5 Å². The number of aromatic nitrogens is 5. The Balaban J connectivity index is 1.64. The van der Waals surface area contributed by atoms with Crippen LogP contribution < -0.4 is 5.32 Å².